The van der Waals surface area contributed by atoms with E-state index in [1.165, 1.54) is 4.70 Å². The van der Waals surface area contributed by atoms with Gasteiger partial charge in [0, 0.05) is 19.0 Å². The number of thiazole rings is 1. The molecule has 3 rings (SSSR count). The van der Waals surface area contributed by atoms with E-state index in [0.29, 0.717) is 6.54 Å². The van der Waals surface area contributed by atoms with Gasteiger partial charge in [0.2, 0.25) is 0 Å². The van der Waals surface area contributed by atoms with Crippen LogP contribution in [0.5, 0.6) is 0 Å². The summed E-state index contributed by atoms with van der Waals surface area (Å²) in [5, 5.41) is 7.02. The lowest BCUT2D eigenvalue weighted by atomic mass is 10.2. The predicted molar refractivity (Wildman–Crippen MR) is 86.6 cm³/mol. The van der Waals surface area contributed by atoms with Gasteiger partial charge in [0.25, 0.3) is 0 Å². The molecule has 0 saturated carbocycles. The predicted octanol–water partition coefficient (Wildman–Crippen LogP) is 3.25. The summed E-state index contributed by atoms with van der Waals surface area (Å²) in [6.07, 6.45) is 7.93. The monoisotopic (exact) mass is 301 g/mol. The summed E-state index contributed by atoms with van der Waals surface area (Å²) < 4.78 is 1.23. The fourth-order valence-corrected chi connectivity index (χ4v) is 3.45. The Kier molecular flexibility index (Phi) is 4.50. The van der Waals surface area contributed by atoms with Crippen LogP contribution in [0, 0.1) is 0 Å². The van der Waals surface area contributed by atoms with Gasteiger partial charge in [-0.15, -0.1) is 11.3 Å². The number of aromatic nitrogens is 1. The maximum Gasteiger partial charge on any atom is 0.315 e. The minimum Gasteiger partial charge on any atom is -0.338 e. The molecule has 0 atom stereocenters. The molecule has 1 aromatic heterocycles. The first-order valence-electron chi connectivity index (χ1n) is 7.35. The van der Waals surface area contributed by atoms with Crippen molar-refractivity contribution in [1.29, 1.82) is 0 Å². The SMILES string of the molecule is O=C(NCCCc1nc2ccccc2s1)NC1CC=CC1. The van der Waals surface area contributed by atoms with Crippen molar-refractivity contribution in [3.05, 3.63) is 41.4 Å². The van der Waals surface area contributed by atoms with Crippen molar-refractivity contribution in [2.24, 2.45) is 0 Å². The summed E-state index contributed by atoms with van der Waals surface area (Å²) in [7, 11) is 0. The molecule has 0 bridgehead atoms. The second kappa shape index (κ2) is 6.72. The highest BCUT2D eigenvalue weighted by Gasteiger charge is 2.12. The number of para-hydroxylation sites is 1. The van der Waals surface area contributed by atoms with E-state index in [-0.39, 0.29) is 12.1 Å². The molecule has 1 aliphatic rings. The largest absolute Gasteiger partial charge is 0.338 e. The third kappa shape index (κ3) is 3.82. The Morgan fingerprint density at radius 1 is 1.29 bits per heavy atom. The molecule has 5 heteroatoms. The third-order valence-corrected chi connectivity index (χ3v) is 4.63. The van der Waals surface area contributed by atoms with Crippen LogP contribution in [0.4, 0.5) is 4.79 Å². The van der Waals surface area contributed by atoms with Crippen molar-refractivity contribution in [3.8, 4) is 0 Å². The lowest BCUT2D eigenvalue weighted by molar-refractivity contribution is 0.237. The summed E-state index contributed by atoms with van der Waals surface area (Å²) in [4.78, 5) is 16.3. The average Bonchev–Trinajstić information content (AvgIpc) is 3.12. The molecule has 0 saturated heterocycles. The van der Waals surface area contributed by atoms with Gasteiger partial charge in [0.05, 0.1) is 15.2 Å². The van der Waals surface area contributed by atoms with Crippen LogP contribution < -0.4 is 10.6 Å². The van der Waals surface area contributed by atoms with Gasteiger partial charge in [-0.3, -0.25) is 0 Å². The van der Waals surface area contributed by atoms with Gasteiger partial charge in [0.15, 0.2) is 0 Å². The van der Waals surface area contributed by atoms with Crippen molar-refractivity contribution in [3.63, 3.8) is 0 Å². The summed E-state index contributed by atoms with van der Waals surface area (Å²) in [5.41, 5.74) is 1.07. The quantitative estimate of drug-likeness (QED) is 0.658. The molecule has 0 aliphatic heterocycles. The molecule has 4 nitrogen and oxygen atoms in total. The minimum atomic E-state index is -0.0620. The second-order valence-electron chi connectivity index (χ2n) is 5.22. The summed E-state index contributed by atoms with van der Waals surface area (Å²) in [5.74, 6) is 0. The van der Waals surface area contributed by atoms with Gasteiger partial charge in [-0.05, 0) is 31.4 Å². The van der Waals surface area contributed by atoms with Gasteiger partial charge in [-0.2, -0.15) is 0 Å². The zero-order valence-corrected chi connectivity index (χ0v) is 12.7. The molecule has 110 valence electrons. The lowest BCUT2D eigenvalue weighted by Crippen LogP contribution is -2.41. The fourth-order valence-electron chi connectivity index (χ4n) is 2.44. The van der Waals surface area contributed by atoms with Crippen LogP contribution in [-0.2, 0) is 6.42 Å². The van der Waals surface area contributed by atoms with Gasteiger partial charge < -0.3 is 10.6 Å². The number of amides is 2. The number of fused-ring (bicyclic) bond motifs is 1. The van der Waals surface area contributed by atoms with E-state index >= 15 is 0 Å². The molecular formula is C16H19N3OS. The summed E-state index contributed by atoms with van der Waals surface area (Å²) in [6.45, 7) is 0.682. The van der Waals surface area contributed by atoms with Crippen LogP contribution in [0.25, 0.3) is 10.2 Å². The fraction of sp³-hybridized carbons (Fsp3) is 0.375. The number of hydrogen-bond acceptors (Lipinski definition) is 3. The molecule has 2 amide bonds. The van der Waals surface area contributed by atoms with Gasteiger partial charge in [-0.25, -0.2) is 9.78 Å². The van der Waals surface area contributed by atoms with E-state index in [9.17, 15) is 4.79 Å². The number of urea groups is 1. The first-order valence-corrected chi connectivity index (χ1v) is 8.17. The first kappa shape index (κ1) is 14.1. The molecular weight excluding hydrogens is 282 g/mol. The molecule has 1 aromatic carbocycles. The van der Waals surface area contributed by atoms with Crippen molar-refractivity contribution in [2.75, 3.05) is 6.54 Å². The number of carbonyl (C=O) groups is 1. The lowest BCUT2D eigenvalue weighted by Gasteiger charge is -2.12. The highest BCUT2D eigenvalue weighted by atomic mass is 32.1. The Morgan fingerprint density at radius 3 is 2.90 bits per heavy atom. The maximum atomic E-state index is 11.7. The minimum absolute atomic E-state index is 0.0620. The highest BCUT2D eigenvalue weighted by Crippen LogP contribution is 2.22. The smallest absolute Gasteiger partial charge is 0.315 e. The van der Waals surface area contributed by atoms with Crippen molar-refractivity contribution in [1.82, 2.24) is 15.6 Å². The van der Waals surface area contributed by atoms with Crippen molar-refractivity contribution >= 4 is 27.6 Å². The third-order valence-electron chi connectivity index (χ3n) is 3.53. The standard InChI is InChI=1S/C16H19N3OS/c20-16(18-12-6-1-2-7-12)17-11-5-10-15-19-13-8-3-4-9-14(13)21-15/h1-4,8-9,12H,5-7,10-11H2,(H2,17,18,20). The zero-order chi connectivity index (χ0) is 14.5. The van der Waals surface area contributed by atoms with E-state index in [2.05, 4.69) is 33.8 Å². The highest BCUT2D eigenvalue weighted by molar-refractivity contribution is 7.18. The average molecular weight is 301 g/mol. The van der Waals surface area contributed by atoms with Crippen LogP contribution in [0.1, 0.15) is 24.3 Å². The van der Waals surface area contributed by atoms with Crippen LogP contribution in [-0.4, -0.2) is 23.6 Å². The Bertz CT molecular complexity index is 609. The molecule has 0 fully saturated rings. The molecule has 1 heterocycles. The number of benzene rings is 1. The number of hydrogen-bond donors (Lipinski definition) is 2. The number of carbonyl (C=O) groups excluding carboxylic acids is 1. The van der Waals surface area contributed by atoms with Gasteiger partial charge in [-0.1, -0.05) is 24.3 Å². The molecule has 0 radical (unpaired) electrons. The van der Waals surface area contributed by atoms with E-state index in [1.54, 1.807) is 11.3 Å². The van der Waals surface area contributed by atoms with Crippen molar-refractivity contribution < 1.29 is 4.79 Å². The van der Waals surface area contributed by atoms with Crippen LogP contribution in [0.15, 0.2) is 36.4 Å². The number of nitrogens with one attached hydrogen (secondary N) is 2. The van der Waals surface area contributed by atoms with Crippen LogP contribution in [0.2, 0.25) is 0 Å². The Labute approximate surface area is 128 Å². The normalized spacial score (nSPS) is 14.7. The number of aryl methyl sites for hydroxylation is 1. The van der Waals surface area contributed by atoms with Crippen LogP contribution in [0.3, 0.4) is 0 Å². The Morgan fingerprint density at radius 2 is 2.10 bits per heavy atom. The van der Waals surface area contributed by atoms with E-state index in [1.807, 2.05) is 18.2 Å². The van der Waals surface area contributed by atoms with E-state index in [0.717, 1.165) is 36.2 Å². The second-order valence-corrected chi connectivity index (χ2v) is 6.33. The molecule has 1 aliphatic carbocycles. The van der Waals surface area contributed by atoms with Crippen molar-refractivity contribution in [2.45, 2.75) is 31.7 Å². The number of rotatable bonds is 5. The molecule has 0 unspecified atom stereocenters. The first-order chi connectivity index (χ1) is 10.3. The molecule has 0 spiro atoms. The topological polar surface area (TPSA) is 54.0 Å². The molecule has 2 N–H and O–H groups in total. The maximum absolute atomic E-state index is 11.7. The zero-order valence-electron chi connectivity index (χ0n) is 11.8. The van der Waals surface area contributed by atoms with E-state index in [4.69, 9.17) is 0 Å². The number of nitrogens with zero attached hydrogens (tertiary/aromatic N) is 1. The molecule has 21 heavy (non-hydrogen) atoms. The summed E-state index contributed by atoms with van der Waals surface area (Å²) in [6, 6.07) is 8.39. The van der Waals surface area contributed by atoms with E-state index < -0.39 is 0 Å². The molecule has 2 aromatic rings. The summed E-state index contributed by atoms with van der Waals surface area (Å²) >= 11 is 1.73. The Balaban J connectivity index is 1.38. The van der Waals surface area contributed by atoms with Gasteiger partial charge in [0.1, 0.15) is 0 Å². The van der Waals surface area contributed by atoms with Crippen LogP contribution >= 0.6 is 11.3 Å². The van der Waals surface area contributed by atoms with Gasteiger partial charge >= 0.3 is 6.03 Å². The Hall–Kier alpha value is -1.88.